The molecule has 2 N–H and O–H groups in total. The van der Waals surface area contributed by atoms with E-state index in [1.54, 1.807) is 17.9 Å². The normalized spacial score (nSPS) is 29.4. The second-order valence-corrected chi connectivity index (χ2v) is 7.27. The van der Waals surface area contributed by atoms with Gasteiger partial charge in [0, 0.05) is 25.0 Å². The molecule has 1 aromatic heterocycles. The van der Waals surface area contributed by atoms with Gasteiger partial charge < -0.3 is 10.6 Å². The van der Waals surface area contributed by atoms with Gasteiger partial charge in [0.2, 0.25) is 11.8 Å². The van der Waals surface area contributed by atoms with Crippen molar-refractivity contribution in [3.63, 3.8) is 0 Å². The Labute approximate surface area is 146 Å². The molecule has 4 unspecified atom stereocenters. The first kappa shape index (κ1) is 17.8. The highest BCUT2D eigenvalue weighted by atomic mass is 19.1. The zero-order chi connectivity index (χ0) is 17.8. The summed E-state index contributed by atoms with van der Waals surface area (Å²) in [6.45, 7) is 0. The van der Waals surface area contributed by atoms with Gasteiger partial charge in [-0.15, -0.1) is 5.10 Å². The Kier molecular flexibility index (Phi) is 5.65. The van der Waals surface area contributed by atoms with Crippen molar-refractivity contribution in [3.8, 4) is 0 Å². The molecule has 2 amide bonds. The second kappa shape index (κ2) is 7.93. The molecule has 0 radical (unpaired) electrons. The van der Waals surface area contributed by atoms with Gasteiger partial charge in [-0.3, -0.25) is 14.3 Å². The van der Waals surface area contributed by atoms with E-state index in [1.165, 1.54) is 0 Å². The van der Waals surface area contributed by atoms with Gasteiger partial charge in [0.1, 0.15) is 6.17 Å². The third-order valence-corrected chi connectivity index (χ3v) is 5.28. The van der Waals surface area contributed by atoms with E-state index in [-0.39, 0.29) is 36.2 Å². The molecule has 8 heteroatoms. The van der Waals surface area contributed by atoms with Gasteiger partial charge in [-0.25, -0.2) is 4.39 Å². The number of nitrogens with one attached hydrogen (secondary N) is 2. The minimum atomic E-state index is -0.837. The maximum absolute atomic E-state index is 13.3. The topological polar surface area (TPSA) is 88.9 Å². The van der Waals surface area contributed by atoms with E-state index in [4.69, 9.17) is 0 Å². The van der Waals surface area contributed by atoms with Crippen molar-refractivity contribution in [1.29, 1.82) is 0 Å². The summed E-state index contributed by atoms with van der Waals surface area (Å²) in [6, 6.07) is 0.119. The van der Waals surface area contributed by atoms with Gasteiger partial charge in [0.15, 0.2) is 0 Å². The smallest absolute Gasteiger partial charge is 0.226 e. The molecule has 138 valence electrons. The number of carbonyl (C=O) groups is 2. The van der Waals surface area contributed by atoms with Crippen LogP contribution in [0.1, 0.15) is 50.6 Å². The predicted octanol–water partition coefficient (Wildman–Crippen LogP) is 1.04. The van der Waals surface area contributed by atoms with Gasteiger partial charge in [-0.05, 0) is 44.9 Å². The molecular weight excluding hydrogens is 325 g/mol. The number of amides is 2. The fourth-order valence-electron chi connectivity index (χ4n) is 3.85. The number of nitrogens with zero attached hydrogens (tertiary/aromatic N) is 3. The number of halogens is 1. The summed E-state index contributed by atoms with van der Waals surface area (Å²) < 4.78 is 14.9. The molecular formula is C17H26FN5O2. The zero-order valence-electron chi connectivity index (χ0n) is 14.6. The quantitative estimate of drug-likeness (QED) is 0.829. The van der Waals surface area contributed by atoms with E-state index >= 15 is 0 Å². The van der Waals surface area contributed by atoms with Crippen LogP contribution in [0.4, 0.5) is 4.39 Å². The third-order valence-electron chi connectivity index (χ3n) is 5.28. The maximum atomic E-state index is 13.3. The Morgan fingerprint density at radius 2 is 1.96 bits per heavy atom. The summed E-state index contributed by atoms with van der Waals surface area (Å²) >= 11 is 0. The average molecular weight is 351 g/mol. The summed E-state index contributed by atoms with van der Waals surface area (Å²) in [7, 11) is 1.76. The molecule has 0 saturated heterocycles. The fourth-order valence-corrected chi connectivity index (χ4v) is 3.85. The summed E-state index contributed by atoms with van der Waals surface area (Å²) in [6.07, 6.45) is 5.98. The second-order valence-electron chi connectivity index (χ2n) is 7.27. The van der Waals surface area contributed by atoms with E-state index < -0.39 is 6.17 Å². The van der Waals surface area contributed by atoms with Crippen LogP contribution in [0.15, 0.2) is 6.20 Å². The van der Waals surface area contributed by atoms with Crippen molar-refractivity contribution < 1.29 is 14.0 Å². The van der Waals surface area contributed by atoms with Crippen LogP contribution in [0.3, 0.4) is 0 Å². The number of hydrogen-bond donors (Lipinski definition) is 2. The molecule has 25 heavy (non-hydrogen) atoms. The molecule has 2 aliphatic carbocycles. The Balaban J connectivity index is 1.45. The highest BCUT2D eigenvalue weighted by Gasteiger charge is 2.32. The van der Waals surface area contributed by atoms with E-state index in [1.807, 2.05) is 0 Å². The van der Waals surface area contributed by atoms with Crippen LogP contribution >= 0.6 is 0 Å². The number of hydrogen-bond acceptors (Lipinski definition) is 4. The lowest BCUT2D eigenvalue weighted by Gasteiger charge is -2.31. The first-order chi connectivity index (χ1) is 12.0. The SMILES string of the molecule is Cn1nncc1CC(=O)NC1CCCC(NC(=O)C2CCC(F)C2)C1. The lowest BCUT2D eigenvalue weighted by molar-refractivity contribution is -0.125. The molecule has 4 atom stereocenters. The molecule has 0 aliphatic heterocycles. The Morgan fingerprint density at radius 3 is 2.60 bits per heavy atom. The van der Waals surface area contributed by atoms with Crippen molar-refractivity contribution in [2.24, 2.45) is 13.0 Å². The minimum absolute atomic E-state index is 0.0296. The molecule has 7 nitrogen and oxygen atoms in total. The number of aromatic nitrogens is 3. The van der Waals surface area contributed by atoms with Gasteiger partial charge in [0.25, 0.3) is 0 Å². The highest BCUT2D eigenvalue weighted by Crippen LogP contribution is 2.28. The van der Waals surface area contributed by atoms with Gasteiger partial charge >= 0.3 is 0 Å². The Hall–Kier alpha value is -1.99. The van der Waals surface area contributed by atoms with Crippen LogP contribution < -0.4 is 10.6 Å². The minimum Gasteiger partial charge on any atom is -0.353 e. The van der Waals surface area contributed by atoms with E-state index in [2.05, 4.69) is 20.9 Å². The van der Waals surface area contributed by atoms with Crippen LogP contribution in [0.25, 0.3) is 0 Å². The third kappa shape index (κ3) is 4.76. The monoisotopic (exact) mass is 351 g/mol. The lowest BCUT2D eigenvalue weighted by atomic mass is 9.90. The summed E-state index contributed by atoms with van der Waals surface area (Å²) in [4.78, 5) is 24.5. The van der Waals surface area contributed by atoms with Crippen LogP contribution in [0.2, 0.25) is 0 Å². The summed E-state index contributed by atoms with van der Waals surface area (Å²) in [5, 5.41) is 13.7. The summed E-state index contributed by atoms with van der Waals surface area (Å²) in [5.41, 5.74) is 0.764. The summed E-state index contributed by atoms with van der Waals surface area (Å²) in [5.74, 6) is -0.279. The number of aryl methyl sites for hydroxylation is 1. The van der Waals surface area contributed by atoms with E-state index in [0.29, 0.717) is 19.3 Å². The molecule has 2 saturated carbocycles. The number of alkyl halides is 1. The predicted molar refractivity (Wildman–Crippen MR) is 89.3 cm³/mol. The highest BCUT2D eigenvalue weighted by molar-refractivity contribution is 5.79. The van der Waals surface area contributed by atoms with E-state index in [9.17, 15) is 14.0 Å². The molecule has 0 aromatic carbocycles. The maximum Gasteiger partial charge on any atom is 0.226 e. The molecule has 2 fully saturated rings. The number of carbonyl (C=O) groups excluding carboxylic acids is 2. The largest absolute Gasteiger partial charge is 0.353 e. The molecule has 2 aliphatic rings. The molecule has 0 bridgehead atoms. The van der Waals surface area contributed by atoms with Crippen LogP contribution in [-0.4, -0.2) is 45.1 Å². The first-order valence-electron chi connectivity index (χ1n) is 9.08. The Bertz CT molecular complexity index is 620. The van der Waals surface area contributed by atoms with Crippen molar-refractivity contribution in [2.75, 3.05) is 0 Å². The molecule has 1 heterocycles. The first-order valence-corrected chi connectivity index (χ1v) is 9.08. The van der Waals surface area contributed by atoms with E-state index in [0.717, 1.165) is 31.4 Å². The molecule has 0 spiro atoms. The standard InChI is InChI=1S/C17H26FN5O2/c1-23-15(10-19-22-23)9-16(24)20-13-3-2-4-14(8-13)21-17(25)11-5-6-12(18)7-11/h10-14H,2-9H2,1H3,(H,20,24)(H,21,25). The lowest BCUT2D eigenvalue weighted by Crippen LogP contribution is -2.47. The van der Waals surface area contributed by atoms with Crippen molar-refractivity contribution in [1.82, 2.24) is 25.6 Å². The van der Waals surface area contributed by atoms with Crippen molar-refractivity contribution >= 4 is 11.8 Å². The van der Waals surface area contributed by atoms with Crippen LogP contribution in [0, 0.1) is 5.92 Å². The molecule has 3 rings (SSSR count). The van der Waals surface area contributed by atoms with Crippen LogP contribution in [0.5, 0.6) is 0 Å². The van der Waals surface area contributed by atoms with Crippen molar-refractivity contribution in [2.45, 2.75) is 69.6 Å². The number of rotatable bonds is 5. The van der Waals surface area contributed by atoms with Crippen molar-refractivity contribution in [3.05, 3.63) is 11.9 Å². The molecule has 1 aromatic rings. The fraction of sp³-hybridized carbons (Fsp3) is 0.765. The average Bonchev–Trinajstić information content (AvgIpc) is 3.17. The van der Waals surface area contributed by atoms with Gasteiger partial charge in [0.05, 0.1) is 18.3 Å². The van der Waals surface area contributed by atoms with Gasteiger partial charge in [-0.2, -0.15) is 0 Å². The Morgan fingerprint density at radius 1 is 1.20 bits per heavy atom. The zero-order valence-corrected chi connectivity index (χ0v) is 14.6. The van der Waals surface area contributed by atoms with Crippen LogP contribution in [-0.2, 0) is 23.1 Å². The van der Waals surface area contributed by atoms with Gasteiger partial charge in [-0.1, -0.05) is 5.21 Å².